The number of methoxy groups -OCH3 is 2. The molecule has 2 aromatic heterocycles. The first-order valence-corrected chi connectivity index (χ1v) is 11.5. The molecule has 0 spiro atoms. The van der Waals surface area contributed by atoms with Crippen LogP contribution >= 0.6 is 0 Å². The van der Waals surface area contributed by atoms with Crippen LogP contribution in [0.15, 0.2) is 23.3 Å². The molecule has 35 heavy (non-hydrogen) atoms. The average Bonchev–Trinajstić information content (AvgIpc) is 3.28. The van der Waals surface area contributed by atoms with E-state index in [1.165, 1.54) is 25.2 Å². The summed E-state index contributed by atoms with van der Waals surface area (Å²) in [6, 6.07) is 3.26. The molecule has 3 aromatic rings. The summed E-state index contributed by atoms with van der Waals surface area (Å²) in [5, 5.41) is 4.20. The number of nitrogens with zero attached hydrogens (tertiary/aromatic N) is 4. The van der Waals surface area contributed by atoms with Gasteiger partial charge in [-0.05, 0) is 13.0 Å². The monoisotopic (exact) mass is 486 g/mol. The summed E-state index contributed by atoms with van der Waals surface area (Å²) >= 11 is 0. The number of nitrogens with one attached hydrogen (secondary N) is 2. The first kappa shape index (κ1) is 23.3. The number of hydrogen-bond donors (Lipinski definition) is 2. The molecule has 2 aliphatic rings. The average molecular weight is 487 g/mol. The molecule has 2 aliphatic heterocycles. The van der Waals surface area contributed by atoms with E-state index in [0.29, 0.717) is 12.5 Å². The molecular formula is C24H28F2N6O3. The Morgan fingerprint density at radius 2 is 1.83 bits per heavy atom. The van der Waals surface area contributed by atoms with Gasteiger partial charge in [0.05, 0.1) is 39.7 Å². The number of halogens is 2. The number of aromatic amines is 1. The van der Waals surface area contributed by atoms with Crippen molar-refractivity contribution < 1.29 is 23.0 Å². The molecule has 0 radical (unpaired) electrons. The Labute approximate surface area is 201 Å². The number of H-pyrrole nitrogens is 1. The summed E-state index contributed by atoms with van der Waals surface area (Å²) in [6.45, 7) is 6.41. The zero-order valence-electron chi connectivity index (χ0n) is 20.0. The Morgan fingerprint density at radius 1 is 1.11 bits per heavy atom. The van der Waals surface area contributed by atoms with Gasteiger partial charge in [0.2, 0.25) is 5.96 Å². The van der Waals surface area contributed by atoms with Gasteiger partial charge in [0.25, 0.3) is 0 Å². The van der Waals surface area contributed by atoms with Crippen LogP contribution in [0.25, 0.3) is 11.0 Å². The van der Waals surface area contributed by atoms with Crippen molar-refractivity contribution in [2.24, 2.45) is 4.99 Å². The van der Waals surface area contributed by atoms with Crippen LogP contribution in [0.2, 0.25) is 0 Å². The van der Waals surface area contributed by atoms with E-state index in [4.69, 9.17) is 14.2 Å². The van der Waals surface area contributed by atoms with E-state index in [0.717, 1.165) is 60.8 Å². The van der Waals surface area contributed by atoms with Crippen molar-refractivity contribution in [2.45, 2.75) is 20.0 Å². The molecule has 1 saturated heterocycles. The van der Waals surface area contributed by atoms with Crippen molar-refractivity contribution in [3.05, 3.63) is 41.2 Å². The highest BCUT2D eigenvalue weighted by Crippen LogP contribution is 2.40. The van der Waals surface area contributed by atoms with Gasteiger partial charge in [-0.2, -0.15) is 0 Å². The topological polar surface area (TPSA) is 87.2 Å². The van der Waals surface area contributed by atoms with Crippen LogP contribution in [0.4, 0.5) is 20.2 Å². The smallest absolute Gasteiger partial charge is 0.203 e. The molecular weight excluding hydrogens is 458 g/mol. The summed E-state index contributed by atoms with van der Waals surface area (Å²) in [7, 11) is 2.65. The van der Waals surface area contributed by atoms with E-state index < -0.39 is 11.6 Å². The van der Waals surface area contributed by atoms with Gasteiger partial charge in [0, 0.05) is 55.1 Å². The van der Waals surface area contributed by atoms with Crippen molar-refractivity contribution in [2.75, 3.05) is 57.3 Å². The molecule has 0 amide bonds. The predicted octanol–water partition coefficient (Wildman–Crippen LogP) is 3.50. The molecule has 4 heterocycles. The van der Waals surface area contributed by atoms with E-state index in [1.807, 2.05) is 6.92 Å². The van der Waals surface area contributed by atoms with E-state index >= 15 is 8.78 Å². The first-order chi connectivity index (χ1) is 17.0. The maximum Gasteiger partial charge on any atom is 0.203 e. The van der Waals surface area contributed by atoms with Gasteiger partial charge >= 0.3 is 0 Å². The third kappa shape index (κ3) is 4.25. The third-order valence-electron chi connectivity index (χ3n) is 6.24. The molecule has 0 atom stereocenters. The lowest BCUT2D eigenvalue weighted by atomic mass is 10.1. The second-order valence-electron chi connectivity index (χ2n) is 8.37. The van der Waals surface area contributed by atoms with Crippen LogP contribution in [-0.4, -0.2) is 67.9 Å². The molecule has 1 aromatic carbocycles. The van der Waals surface area contributed by atoms with Gasteiger partial charge < -0.3 is 29.4 Å². The highest BCUT2D eigenvalue weighted by atomic mass is 19.1. The fraction of sp³-hybridized carbons (Fsp3) is 0.417. The Kier molecular flexibility index (Phi) is 6.44. The van der Waals surface area contributed by atoms with Gasteiger partial charge in [-0.15, -0.1) is 0 Å². The zero-order chi connectivity index (χ0) is 24.5. The first-order valence-electron chi connectivity index (χ1n) is 11.5. The molecule has 0 saturated carbocycles. The quantitative estimate of drug-likeness (QED) is 0.552. The number of ether oxygens (including phenoxy) is 3. The van der Waals surface area contributed by atoms with Gasteiger partial charge in [-0.25, -0.2) is 13.8 Å². The molecule has 0 bridgehead atoms. The minimum Gasteiger partial charge on any atom is -0.493 e. The molecule has 0 aliphatic carbocycles. The molecule has 0 unspecified atom stereocenters. The number of aromatic nitrogens is 2. The Morgan fingerprint density at radius 3 is 2.49 bits per heavy atom. The molecule has 5 rings (SSSR count). The summed E-state index contributed by atoms with van der Waals surface area (Å²) < 4.78 is 46.3. The highest BCUT2D eigenvalue weighted by Gasteiger charge is 2.32. The van der Waals surface area contributed by atoms with Crippen molar-refractivity contribution in [3.8, 4) is 11.5 Å². The molecule has 11 heteroatoms. The number of morpholine rings is 1. The van der Waals surface area contributed by atoms with Gasteiger partial charge in [-0.1, -0.05) is 0 Å². The van der Waals surface area contributed by atoms with E-state index in [2.05, 4.69) is 31.2 Å². The number of aliphatic imine (C=N–C) groups is 1. The number of fused-ring (bicyclic) bond motifs is 3. The van der Waals surface area contributed by atoms with Crippen LogP contribution in [-0.2, 0) is 17.8 Å². The van der Waals surface area contributed by atoms with Crippen molar-refractivity contribution in [1.29, 1.82) is 0 Å². The largest absolute Gasteiger partial charge is 0.493 e. The minimum atomic E-state index is -0.830. The Balaban J connectivity index is 1.55. The summed E-state index contributed by atoms with van der Waals surface area (Å²) in [5.41, 5.74) is 3.08. The van der Waals surface area contributed by atoms with Crippen LogP contribution in [0.5, 0.6) is 11.5 Å². The lowest BCUT2D eigenvalue weighted by Gasteiger charge is -2.33. The molecule has 9 nitrogen and oxygen atoms in total. The number of anilines is 2. The lowest BCUT2D eigenvalue weighted by Crippen LogP contribution is -2.41. The minimum absolute atomic E-state index is 0.119. The number of rotatable bonds is 6. The SMILES string of the molecule is CCN=C1Nc2c(cnc3[nH]c(CN4CCOCC4)cc23)CN1c1c(F)c(OC)cc(OC)c1F. The second kappa shape index (κ2) is 9.67. The van der Waals surface area contributed by atoms with Crippen LogP contribution in [0.3, 0.4) is 0 Å². The standard InChI is InChI=1S/C24H28F2N6O3/c1-4-27-24-30-21-14(12-32(24)22-19(25)17(33-2)10-18(34-3)20(22)26)11-28-23-16(21)9-15(29-23)13-31-5-7-35-8-6-31/h9-11H,4-8,12-13H2,1-3H3,(H,27,30)(H,28,29). The Bertz CT molecular complexity index is 1240. The zero-order valence-corrected chi connectivity index (χ0v) is 20.0. The number of guanidine groups is 1. The van der Waals surface area contributed by atoms with Crippen LogP contribution in [0.1, 0.15) is 18.2 Å². The molecule has 1 fully saturated rings. The number of pyridine rings is 1. The van der Waals surface area contributed by atoms with Crippen LogP contribution in [0, 0.1) is 11.6 Å². The summed E-state index contributed by atoms with van der Waals surface area (Å²) in [4.78, 5) is 16.2. The fourth-order valence-electron chi connectivity index (χ4n) is 4.52. The van der Waals surface area contributed by atoms with Gasteiger partial charge in [-0.3, -0.25) is 9.89 Å². The predicted molar refractivity (Wildman–Crippen MR) is 129 cm³/mol. The van der Waals surface area contributed by atoms with Crippen molar-refractivity contribution >= 4 is 28.4 Å². The molecule has 186 valence electrons. The lowest BCUT2D eigenvalue weighted by molar-refractivity contribution is 0.0337. The van der Waals surface area contributed by atoms with Crippen molar-refractivity contribution in [3.63, 3.8) is 0 Å². The maximum absolute atomic E-state index is 15.3. The summed E-state index contributed by atoms with van der Waals surface area (Å²) in [6.07, 6.45) is 1.71. The third-order valence-corrected chi connectivity index (χ3v) is 6.24. The maximum atomic E-state index is 15.3. The van der Waals surface area contributed by atoms with E-state index in [9.17, 15) is 0 Å². The highest BCUT2D eigenvalue weighted by molar-refractivity contribution is 6.12. The summed E-state index contributed by atoms with van der Waals surface area (Å²) in [5.74, 6) is -1.57. The normalized spacial score (nSPS) is 17.5. The van der Waals surface area contributed by atoms with E-state index in [1.54, 1.807) is 6.20 Å². The van der Waals surface area contributed by atoms with Gasteiger partial charge in [0.15, 0.2) is 23.1 Å². The van der Waals surface area contributed by atoms with Crippen LogP contribution < -0.4 is 19.7 Å². The number of benzene rings is 1. The molecule has 2 N–H and O–H groups in total. The Hall–Kier alpha value is -3.44. The van der Waals surface area contributed by atoms with E-state index in [-0.39, 0.29) is 23.7 Å². The van der Waals surface area contributed by atoms with Crippen molar-refractivity contribution in [1.82, 2.24) is 14.9 Å². The second-order valence-corrected chi connectivity index (χ2v) is 8.37. The number of hydrogen-bond acceptors (Lipinski definition) is 6. The van der Waals surface area contributed by atoms with Gasteiger partial charge in [0.1, 0.15) is 11.3 Å². The fourth-order valence-corrected chi connectivity index (χ4v) is 4.52.